The Balaban J connectivity index is 1.79. The summed E-state index contributed by atoms with van der Waals surface area (Å²) in [6.07, 6.45) is 0.979. The van der Waals surface area contributed by atoms with Crippen molar-refractivity contribution in [1.82, 2.24) is 15.0 Å². The second-order valence-electron chi connectivity index (χ2n) is 5.53. The van der Waals surface area contributed by atoms with Crippen LogP contribution in [0.1, 0.15) is 17.0 Å². The highest BCUT2D eigenvalue weighted by molar-refractivity contribution is 6.35. The summed E-state index contributed by atoms with van der Waals surface area (Å²) in [5.74, 6) is 0.724. The molecule has 7 nitrogen and oxygen atoms in total. The summed E-state index contributed by atoms with van der Waals surface area (Å²) < 4.78 is 0. The van der Waals surface area contributed by atoms with E-state index in [9.17, 15) is 5.21 Å². The molecular formula is C18H14Cl2N6O. The van der Waals surface area contributed by atoms with E-state index in [1.54, 1.807) is 42.5 Å². The van der Waals surface area contributed by atoms with Gasteiger partial charge in [-0.3, -0.25) is 5.21 Å². The highest BCUT2D eigenvalue weighted by atomic mass is 35.5. The van der Waals surface area contributed by atoms with Gasteiger partial charge >= 0.3 is 0 Å². The van der Waals surface area contributed by atoms with Crippen LogP contribution in [-0.4, -0.2) is 20.2 Å². The lowest BCUT2D eigenvalue weighted by atomic mass is 10.1. The average Bonchev–Trinajstić information content (AvgIpc) is 2.68. The molecule has 0 amide bonds. The van der Waals surface area contributed by atoms with E-state index in [1.807, 2.05) is 5.48 Å². The Bertz CT molecular complexity index is 968. The minimum atomic E-state index is 0.0152. The van der Waals surface area contributed by atoms with E-state index in [4.69, 9.17) is 28.5 Å². The minimum Gasteiger partial charge on any atom is -0.324 e. The lowest BCUT2D eigenvalue weighted by Crippen LogP contribution is -2.08. The van der Waals surface area contributed by atoms with Crippen molar-refractivity contribution >= 4 is 40.8 Å². The Morgan fingerprint density at radius 1 is 0.926 bits per heavy atom. The van der Waals surface area contributed by atoms with Gasteiger partial charge in [-0.25, -0.2) is 5.48 Å². The largest absolute Gasteiger partial charge is 0.324 e. The fourth-order valence-corrected chi connectivity index (χ4v) is 2.99. The summed E-state index contributed by atoms with van der Waals surface area (Å²) in [7, 11) is 0. The molecule has 136 valence electrons. The SMILES string of the molecule is N#Cc1ccc(Nc2nc(CCc3c(Cl)cccc3Cl)nc(NO)n2)cc1. The molecule has 0 spiro atoms. The van der Waals surface area contributed by atoms with Crippen molar-refractivity contribution in [3.63, 3.8) is 0 Å². The van der Waals surface area contributed by atoms with Gasteiger partial charge in [-0.05, 0) is 48.4 Å². The quantitative estimate of drug-likeness (QED) is 0.526. The molecule has 0 saturated carbocycles. The number of hydrogen-bond donors (Lipinski definition) is 3. The maximum absolute atomic E-state index is 9.19. The number of aromatic nitrogens is 3. The number of hydrogen-bond acceptors (Lipinski definition) is 7. The van der Waals surface area contributed by atoms with Crippen LogP contribution in [0.3, 0.4) is 0 Å². The van der Waals surface area contributed by atoms with E-state index in [-0.39, 0.29) is 11.9 Å². The van der Waals surface area contributed by atoms with Crippen molar-refractivity contribution < 1.29 is 5.21 Å². The van der Waals surface area contributed by atoms with E-state index >= 15 is 0 Å². The van der Waals surface area contributed by atoms with Gasteiger partial charge in [-0.2, -0.15) is 20.2 Å². The molecule has 3 N–H and O–H groups in total. The van der Waals surface area contributed by atoms with Gasteiger partial charge in [-0.15, -0.1) is 0 Å². The van der Waals surface area contributed by atoms with Crippen LogP contribution < -0.4 is 10.8 Å². The van der Waals surface area contributed by atoms with Gasteiger partial charge in [0.15, 0.2) is 0 Å². The number of nitrogens with zero attached hydrogens (tertiary/aromatic N) is 4. The van der Waals surface area contributed by atoms with Gasteiger partial charge in [0, 0.05) is 22.2 Å². The Hall–Kier alpha value is -2.92. The molecule has 0 unspecified atom stereocenters. The maximum Gasteiger partial charge on any atom is 0.251 e. The fourth-order valence-electron chi connectivity index (χ4n) is 2.40. The lowest BCUT2D eigenvalue weighted by molar-refractivity contribution is 0.382. The molecule has 1 aromatic heterocycles. The van der Waals surface area contributed by atoms with Crippen LogP contribution in [0.5, 0.6) is 0 Å². The summed E-state index contributed by atoms with van der Waals surface area (Å²) in [6.45, 7) is 0. The first kappa shape index (κ1) is 18.9. The third-order valence-corrected chi connectivity index (χ3v) is 4.42. The summed E-state index contributed by atoms with van der Waals surface area (Å²) in [6, 6.07) is 14.2. The minimum absolute atomic E-state index is 0.0152. The highest BCUT2D eigenvalue weighted by Gasteiger charge is 2.10. The summed E-state index contributed by atoms with van der Waals surface area (Å²) in [4.78, 5) is 12.6. The van der Waals surface area contributed by atoms with Crippen molar-refractivity contribution in [3.8, 4) is 6.07 Å². The molecule has 3 rings (SSSR count). The van der Waals surface area contributed by atoms with Crippen LogP contribution in [0.15, 0.2) is 42.5 Å². The third-order valence-electron chi connectivity index (χ3n) is 3.71. The topological polar surface area (TPSA) is 107 Å². The number of rotatable bonds is 6. The smallest absolute Gasteiger partial charge is 0.251 e. The molecule has 27 heavy (non-hydrogen) atoms. The predicted molar refractivity (Wildman–Crippen MR) is 104 cm³/mol. The predicted octanol–water partition coefficient (Wildman–Crippen LogP) is 4.38. The fraction of sp³-hybridized carbons (Fsp3) is 0.111. The highest BCUT2D eigenvalue weighted by Crippen LogP contribution is 2.25. The summed E-state index contributed by atoms with van der Waals surface area (Å²) in [5, 5.41) is 22.2. The van der Waals surface area contributed by atoms with Gasteiger partial charge in [0.2, 0.25) is 5.95 Å². The van der Waals surface area contributed by atoms with E-state index < -0.39 is 0 Å². The van der Waals surface area contributed by atoms with Crippen LogP contribution in [0, 0.1) is 11.3 Å². The Morgan fingerprint density at radius 3 is 2.22 bits per heavy atom. The Kier molecular flexibility index (Phi) is 6.04. The van der Waals surface area contributed by atoms with Crippen molar-refractivity contribution in [2.45, 2.75) is 12.8 Å². The summed E-state index contributed by atoms with van der Waals surface area (Å²) in [5.41, 5.74) is 3.99. The first-order valence-corrected chi connectivity index (χ1v) is 8.70. The normalized spacial score (nSPS) is 10.3. The number of nitrogens with one attached hydrogen (secondary N) is 2. The van der Waals surface area contributed by atoms with Gasteiger partial charge in [0.25, 0.3) is 5.95 Å². The molecule has 0 bridgehead atoms. The Morgan fingerprint density at radius 2 is 1.59 bits per heavy atom. The molecule has 3 aromatic rings. The number of nitriles is 1. The van der Waals surface area contributed by atoms with Crippen molar-refractivity contribution in [3.05, 3.63) is 69.5 Å². The molecule has 0 saturated heterocycles. The zero-order valence-electron chi connectivity index (χ0n) is 13.9. The number of aryl methyl sites for hydroxylation is 1. The first-order valence-electron chi connectivity index (χ1n) is 7.94. The molecule has 0 fully saturated rings. The van der Waals surface area contributed by atoms with Crippen molar-refractivity contribution in [1.29, 1.82) is 5.26 Å². The van der Waals surface area contributed by atoms with E-state index in [0.29, 0.717) is 40.0 Å². The molecule has 0 aliphatic rings. The van der Waals surface area contributed by atoms with Crippen LogP contribution in [0.4, 0.5) is 17.6 Å². The second kappa shape index (κ2) is 8.64. The van der Waals surface area contributed by atoms with Crippen LogP contribution in [0.2, 0.25) is 10.0 Å². The zero-order chi connectivity index (χ0) is 19.2. The van der Waals surface area contributed by atoms with Gasteiger partial charge in [-0.1, -0.05) is 29.3 Å². The second-order valence-corrected chi connectivity index (χ2v) is 6.34. The number of halogens is 2. The molecule has 2 aromatic carbocycles. The number of benzene rings is 2. The van der Waals surface area contributed by atoms with E-state index in [0.717, 1.165) is 5.56 Å². The molecule has 0 aliphatic carbocycles. The van der Waals surface area contributed by atoms with E-state index in [1.165, 1.54) is 0 Å². The number of anilines is 3. The summed E-state index contributed by atoms with van der Waals surface area (Å²) >= 11 is 12.4. The van der Waals surface area contributed by atoms with Crippen LogP contribution >= 0.6 is 23.2 Å². The monoisotopic (exact) mass is 400 g/mol. The molecule has 9 heteroatoms. The molecule has 0 atom stereocenters. The zero-order valence-corrected chi connectivity index (χ0v) is 15.5. The maximum atomic E-state index is 9.19. The lowest BCUT2D eigenvalue weighted by Gasteiger charge is -2.09. The molecule has 1 heterocycles. The van der Waals surface area contributed by atoms with Gasteiger partial charge in [0.1, 0.15) is 5.82 Å². The molecular weight excluding hydrogens is 387 g/mol. The van der Waals surface area contributed by atoms with Gasteiger partial charge in [0.05, 0.1) is 11.6 Å². The van der Waals surface area contributed by atoms with Crippen LogP contribution in [0.25, 0.3) is 0 Å². The van der Waals surface area contributed by atoms with E-state index in [2.05, 4.69) is 26.3 Å². The van der Waals surface area contributed by atoms with Crippen molar-refractivity contribution in [2.24, 2.45) is 0 Å². The molecule has 0 radical (unpaired) electrons. The Labute approximate surface area is 165 Å². The first-order chi connectivity index (χ1) is 13.1. The molecule has 0 aliphatic heterocycles. The standard InChI is InChI=1S/C18H14Cl2N6O/c19-14-2-1-3-15(20)13(14)8-9-16-23-17(25-18(24-16)26-27)22-12-6-4-11(10-21)5-7-12/h1-7,27H,8-9H2,(H2,22,23,24,25,26). The third kappa shape index (κ3) is 4.83. The average molecular weight is 401 g/mol. The van der Waals surface area contributed by atoms with Crippen molar-refractivity contribution in [2.75, 3.05) is 10.8 Å². The van der Waals surface area contributed by atoms with Crippen LogP contribution in [-0.2, 0) is 12.8 Å². The van der Waals surface area contributed by atoms with Gasteiger partial charge < -0.3 is 5.32 Å².